The monoisotopic (exact) mass is 308 g/mol. The second-order valence-corrected chi connectivity index (χ2v) is 6.00. The van der Waals surface area contributed by atoms with Crippen molar-refractivity contribution in [1.82, 2.24) is 0 Å². The molecule has 20 heavy (non-hydrogen) atoms. The minimum absolute atomic E-state index is 0.0527. The Morgan fingerprint density at radius 2 is 2.00 bits per heavy atom. The number of aromatic hydroxyl groups is 1. The SMILES string of the molecule is CC(=O)O.O=C1c2sccc2CSc2cccc(O)c21. The Morgan fingerprint density at radius 3 is 2.70 bits per heavy atom. The lowest BCUT2D eigenvalue weighted by Gasteiger charge is -2.05. The molecular weight excluding hydrogens is 296 g/mol. The van der Waals surface area contributed by atoms with Gasteiger partial charge in [-0.15, -0.1) is 23.1 Å². The van der Waals surface area contributed by atoms with Gasteiger partial charge in [0.05, 0.1) is 10.4 Å². The maximum atomic E-state index is 12.2. The molecule has 2 heterocycles. The zero-order chi connectivity index (χ0) is 14.7. The van der Waals surface area contributed by atoms with Gasteiger partial charge in [-0.05, 0) is 29.1 Å². The third-order valence-electron chi connectivity index (χ3n) is 2.57. The van der Waals surface area contributed by atoms with Gasteiger partial charge < -0.3 is 10.2 Å². The van der Waals surface area contributed by atoms with Crippen LogP contribution in [0.4, 0.5) is 0 Å². The number of carbonyl (C=O) groups excluding carboxylic acids is 1. The zero-order valence-corrected chi connectivity index (χ0v) is 12.3. The molecule has 0 spiro atoms. The Balaban J connectivity index is 0.000000328. The number of benzene rings is 1. The minimum Gasteiger partial charge on any atom is -0.507 e. The van der Waals surface area contributed by atoms with E-state index in [1.807, 2.05) is 17.5 Å². The van der Waals surface area contributed by atoms with Crippen molar-refractivity contribution in [2.75, 3.05) is 0 Å². The summed E-state index contributed by atoms with van der Waals surface area (Å²) in [5.74, 6) is -0.0135. The maximum absolute atomic E-state index is 12.2. The minimum atomic E-state index is -0.833. The molecule has 1 aliphatic rings. The maximum Gasteiger partial charge on any atom is 0.300 e. The van der Waals surface area contributed by atoms with Gasteiger partial charge in [0.2, 0.25) is 5.78 Å². The van der Waals surface area contributed by atoms with Gasteiger partial charge >= 0.3 is 0 Å². The highest BCUT2D eigenvalue weighted by Gasteiger charge is 2.25. The van der Waals surface area contributed by atoms with Crippen molar-refractivity contribution >= 4 is 34.9 Å². The molecule has 0 aliphatic carbocycles. The van der Waals surface area contributed by atoms with Crippen molar-refractivity contribution in [2.45, 2.75) is 17.6 Å². The number of carboxylic acids is 1. The molecule has 4 nitrogen and oxygen atoms in total. The fraction of sp³-hybridized carbons (Fsp3) is 0.143. The van der Waals surface area contributed by atoms with Crippen LogP contribution in [0.15, 0.2) is 34.5 Å². The van der Waals surface area contributed by atoms with Gasteiger partial charge in [-0.2, -0.15) is 0 Å². The Bertz CT molecular complexity index is 657. The number of carbonyl (C=O) groups is 2. The van der Waals surface area contributed by atoms with Crippen molar-refractivity contribution in [1.29, 1.82) is 0 Å². The average Bonchev–Trinajstić information content (AvgIpc) is 2.78. The molecule has 1 aliphatic heterocycles. The first-order valence-electron chi connectivity index (χ1n) is 5.76. The van der Waals surface area contributed by atoms with Gasteiger partial charge in [0.1, 0.15) is 5.75 Å². The molecule has 2 N–H and O–H groups in total. The first-order chi connectivity index (χ1) is 9.50. The van der Waals surface area contributed by atoms with Crippen LogP contribution in [-0.2, 0) is 10.5 Å². The van der Waals surface area contributed by atoms with E-state index in [1.165, 1.54) is 11.3 Å². The predicted molar refractivity (Wildman–Crippen MR) is 78.7 cm³/mol. The number of rotatable bonds is 0. The van der Waals surface area contributed by atoms with E-state index in [0.29, 0.717) is 5.56 Å². The van der Waals surface area contributed by atoms with E-state index in [0.717, 1.165) is 28.0 Å². The molecule has 0 atom stereocenters. The Labute approximate surface area is 124 Å². The van der Waals surface area contributed by atoms with Crippen LogP contribution in [-0.4, -0.2) is 22.0 Å². The Kier molecular flexibility index (Phi) is 4.46. The predicted octanol–water partition coefficient (Wildman–Crippen LogP) is 3.38. The van der Waals surface area contributed by atoms with Gasteiger partial charge in [0.15, 0.2) is 0 Å². The van der Waals surface area contributed by atoms with Crippen LogP contribution < -0.4 is 0 Å². The molecule has 0 radical (unpaired) electrons. The third kappa shape index (κ3) is 3.02. The van der Waals surface area contributed by atoms with Crippen molar-refractivity contribution < 1.29 is 19.8 Å². The molecule has 1 aromatic heterocycles. The standard InChI is InChI=1S/C12H8O2S2.C2H4O2/c13-8-2-1-3-9-10(8)11(14)12-7(6-16-9)4-5-15-12;1-2(3)4/h1-5,13H,6H2;1H3,(H,3,4). The molecule has 0 unspecified atom stereocenters. The molecule has 3 rings (SSSR count). The normalized spacial score (nSPS) is 12.6. The molecule has 104 valence electrons. The van der Waals surface area contributed by atoms with E-state index >= 15 is 0 Å². The molecule has 0 fully saturated rings. The number of phenolic OH excluding ortho intramolecular Hbond substituents is 1. The number of hydrogen-bond donors (Lipinski definition) is 2. The lowest BCUT2D eigenvalue weighted by atomic mass is 10.1. The summed E-state index contributed by atoms with van der Waals surface area (Å²) in [6.45, 7) is 1.08. The third-order valence-corrected chi connectivity index (χ3v) is 4.63. The molecule has 0 saturated heterocycles. The van der Waals surface area contributed by atoms with E-state index in [9.17, 15) is 9.90 Å². The number of carboxylic acid groups (broad SMARTS) is 1. The van der Waals surface area contributed by atoms with E-state index in [2.05, 4.69) is 0 Å². The quantitative estimate of drug-likeness (QED) is 0.780. The summed E-state index contributed by atoms with van der Waals surface area (Å²) in [7, 11) is 0. The number of fused-ring (bicyclic) bond motifs is 2. The second kappa shape index (κ2) is 6.11. The van der Waals surface area contributed by atoms with Crippen molar-refractivity contribution in [3.63, 3.8) is 0 Å². The zero-order valence-electron chi connectivity index (χ0n) is 10.6. The second-order valence-electron chi connectivity index (χ2n) is 4.06. The summed E-state index contributed by atoms with van der Waals surface area (Å²) in [6.07, 6.45) is 0. The van der Waals surface area contributed by atoms with Gasteiger partial charge in [-0.1, -0.05) is 6.07 Å². The van der Waals surface area contributed by atoms with Crippen LogP contribution >= 0.6 is 23.1 Å². The molecule has 6 heteroatoms. The van der Waals surface area contributed by atoms with Gasteiger partial charge in [0, 0.05) is 17.6 Å². The van der Waals surface area contributed by atoms with E-state index < -0.39 is 5.97 Å². The highest BCUT2D eigenvalue weighted by molar-refractivity contribution is 7.98. The number of thiophene rings is 1. The van der Waals surface area contributed by atoms with Crippen LogP contribution in [0.3, 0.4) is 0 Å². The Morgan fingerprint density at radius 1 is 1.30 bits per heavy atom. The highest BCUT2D eigenvalue weighted by atomic mass is 32.2. The molecule has 0 amide bonds. The molecule has 1 aromatic carbocycles. The van der Waals surface area contributed by atoms with E-state index in [4.69, 9.17) is 9.90 Å². The average molecular weight is 308 g/mol. The summed E-state index contributed by atoms with van der Waals surface area (Å²) in [5, 5.41) is 19.1. The lowest BCUT2D eigenvalue weighted by Crippen LogP contribution is -2.00. The molecule has 0 bridgehead atoms. The van der Waals surface area contributed by atoms with Crippen molar-refractivity contribution in [3.05, 3.63) is 45.6 Å². The van der Waals surface area contributed by atoms with Crippen LogP contribution in [0.5, 0.6) is 5.75 Å². The van der Waals surface area contributed by atoms with Crippen LogP contribution in [0.25, 0.3) is 0 Å². The number of thioether (sulfide) groups is 1. The topological polar surface area (TPSA) is 74.6 Å². The summed E-state index contributed by atoms with van der Waals surface area (Å²) >= 11 is 3.05. The van der Waals surface area contributed by atoms with Gasteiger partial charge in [0.25, 0.3) is 5.97 Å². The summed E-state index contributed by atoms with van der Waals surface area (Å²) in [5.41, 5.74) is 1.52. The highest BCUT2D eigenvalue weighted by Crippen LogP contribution is 2.39. The van der Waals surface area contributed by atoms with E-state index in [-0.39, 0.29) is 11.5 Å². The van der Waals surface area contributed by atoms with Crippen LogP contribution in [0.2, 0.25) is 0 Å². The number of ketones is 1. The summed E-state index contributed by atoms with van der Waals surface area (Å²) < 4.78 is 0. The number of hydrogen-bond acceptors (Lipinski definition) is 5. The number of aliphatic carboxylic acids is 1. The lowest BCUT2D eigenvalue weighted by molar-refractivity contribution is -0.134. The van der Waals surface area contributed by atoms with Crippen LogP contribution in [0, 0.1) is 0 Å². The van der Waals surface area contributed by atoms with Crippen molar-refractivity contribution in [2.24, 2.45) is 0 Å². The first kappa shape index (κ1) is 14.6. The first-order valence-corrected chi connectivity index (χ1v) is 7.62. The van der Waals surface area contributed by atoms with Crippen molar-refractivity contribution in [3.8, 4) is 5.75 Å². The molecular formula is C14H12O4S2. The molecule has 0 saturated carbocycles. The summed E-state index contributed by atoms with van der Waals surface area (Å²) in [6, 6.07) is 7.20. The summed E-state index contributed by atoms with van der Waals surface area (Å²) in [4.78, 5) is 22.9. The number of phenols is 1. The Hall–Kier alpha value is -1.79. The fourth-order valence-electron chi connectivity index (χ4n) is 1.79. The fourth-order valence-corrected chi connectivity index (χ4v) is 3.81. The largest absolute Gasteiger partial charge is 0.507 e. The van der Waals surface area contributed by atoms with Crippen LogP contribution in [0.1, 0.15) is 27.7 Å². The van der Waals surface area contributed by atoms with E-state index in [1.54, 1.807) is 23.9 Å². The van der Waals surface area contributed by atoms with Gasteiger partial charge in [-0.3, -0.25) is 9.59 Å². The van der Waals surface area contributed by atoms with Gasteiger partial charge in [-0.25, -0.2) is 0 Å². The molecule has 2 aromatic rings. The smallest absolute Gasteiger partial charge is 0.300 e.